The molecule has 0 bridgehead atoms. The summed E-state index contributed by atoms with van der Waals surface area (Å²) in [5.74, 6) is -0.209. The molecule has 100 valence electrons. The number of ether oxygens (including phenoxy) is 1. The van der Waals surface area contributed by atoms with Crippen LogP contribution >= 0.6 is 0 Å². The zero-order valence-electron chi connectivity index (χ0n) is 11.1. The van der Waals surface area contributed by atoms with Crippen molar-refractivity contribution in [1.29, 1.82) is 0 Å². The van der Waals surface area contributed by atoms with E-state index >= 15 is 0 Å². The van der Waals surface area contributed by atoms with Crippen molar-refractivity contribution >= 4 is 12.0 Å². The number of esters is 1. The van der Waals surface area contributed by atoms with Crippen molar-refractivity contribution in [2.45, 2.75) is 39.3 Å². The number of carbonyl (C=O) groups excluding carboxylic acids is 1. The zero-order chi connectivity index (χ0) is 13.6. The summed E-state index contributed by atoms with van der Waals surface area (Å²) in [6.45, 7) is 6.13. The minimum absolute atomic E-state index is 0.209. The van der Waals surface area contributed by atoms with Crippen molar-refractivity contribution in [3.63, 3.8) is 0 Å². The van der Waals surface area contributed by atoms with E-state index in [0.29, 0.717) is 19.6 Å². The van der Waals surface area contributed by atoms with E-state index in [1.807, 2.05) is 10.8 Å². The van der Waals surface area contributed by atoms with Gasteiger partial charge in [0.2, 0.25) is 0 Å². The predicted molar refractivity (Wildman–Crippen MR) is 68.8 cm³/mol. The smallest absolute Gasteiger partial charge is 0.307 e. The summed E-state index contributed by atoms with van der Waals surface area (Å²) in [6, 6.07) is 0. The van der Waals surface area contributed by atoms with Gasteiger partial charge in [0.15, 0.2) is 0 Å². The minimum Gasteiger partial charge on any atom is -0.466 e. The van der Waals surface area contributed by atoms with Crippen LogP contribution in [0.4, 0.5) is 0 Å². The van der Waals surface area contributed by atoms with Crippen molar-refractivity contribution < 1.29 is 14.6 Å². The molecule has 0 aliphatic carbocycles. The van der Waals surface area contributed by atoms with E-state index < -0.39 is 5.60 Å². The Labute approximate surface area is 107 Å². The first kappa shape index (κ1) is 14.4. The van der Waals surface area contributed by atoms with E-state index in [1.165, 1.54) is 0 Å². The van der Waals surface area contributed by atoms with Gasteiger partial charge in [-0.15, -0.1) is 0 Å². The molecule has 18 heavy (non-hydrogen) atoms. The highest BCUT2D eigenvalue weighted by molar-refractivity contribution is 5.69. The maximum atomic E-state index is 11.2. The Balaban J connectivity index is 2.49. The highest BCUT2D eigenvalue weighted by Gasteiger charge is 2.07. The van der Waals surface area contributed by atoms with Crippen LogP contribution in [0.25, 0.3) is 6.08 Å². The first-order valence-corrected chi connectivity index (χ1v) is 5.99. The second-order valence-corrected chi connectivity index (χ2v) is 4.58. The highest BCUT2D eigenvalue weighted by atomic mass is 16.5. The predicted octanol–water partition coefficient (Wildman–Crippen LogP) is 1.62. The molecule has 5 nitrogen and oxygen atoms in total. The molecule has 0 radical (unpaired) electrons. The number of hydrogen-bond donors (Lipinski definition) is 1. The number of rotatable bonds is 6. The topological polar surface area (TPSA) is 64.4 Å². The molecule has 1 aromatic rings. The summed E-state index contributed by atoms with van der Waals surface area (Å²) in [6.07, 6.45) is 7.23. The van der Waals surface area contributed by atoms with Crippen LogP contribution in [0.1, 0.15) is 32.9 Å². The Hall–Kier alpha value is -1.62. The number of carbonyl (C=O) groups is 1. The van der Waals surface area contributed by atoms with Gasteiger partial charge in [-0.05, 0) is 26.8 Å². The molecule has 0 unspecified atom stereocenters. The fraction of sp³-hybridized carbons (Fsp3) is 0.538. The van der Waals surface area contributed by atoms with Crippen LogP contribution in [-0.4, -0.2) is 32.8 Å². The van der Waals surface area contributed by atoms with Gasteiger partial charge in [0.05, 0.1) is 30.7 Å². The van der Waals surface area contributed by atoms with Gasteiger partial charge in [0.1, 0.15) is 0 Å². The molecule has 0 aromatic carbocycles. The van der Waals surface area contributed by atoms with Gasteiger partial charge in [-0.1, -0.05) is 6.08 Å². The lowest BCUT2D eigenvalue weighted by atomic mass is 10.1. The molecule has 1 aromatic heterocycles. The third-order valence-corrected chi connectivity index (χ3v) is 2.19. The third kappa shape index (κ3) is 5.63. The van der Waals surface area contributed by atoms with Crippen LogP contribution in [0, 0.1) is 0 Å². The highest BCUT2D eigenvalue weighted by Crippen LogP contribution is 2.07. The molecule has 0 spiro atoms. The third-order valence-electron chi connectivity index (χ3n) is 2.19. The molecule has 0 aliphatic heterocycles. The first-order chi connectivity index (χ1) is 8.40. The number of nitrogens with zero attached hydrogens (tertiary/aromatic N) is 2. The van der Waals surface area contributed by atoms with Gasteiger partial charge in [0.25, 0.3) is 0 Å². The van der Waals surface area contributed by atoms with E-state index in [1.54, 1.807) is 39.3 Å². The van der Waals surface area contributed by atoms with Gasteiger partial charge in [-0.25, -0.2) is 4.98 Å². The van der Waals surface area contributed by atoms with Gasteiger partial charge >= 0.3 is 5.97 Å². The maximum absolute atomic E-state index is 11.2. The molecule has 0 saturated carbocycles. The molecule has 1 heterocycles. The summed E-state index contributed by atoms with van der Waals surface area (Å²) in [5, 5.41) is 9.54. The second-order valence-electron chi connectivity index (χ2n) is 4.58. The lowest BCUT2D eigenvalue weighted by molar-refractivity contribution is -0.143. The van der Waals surface area contributed by atoms with Gasteiger partial charge in [0, 0.05) is 12.7 Å². The molecule has 0 amide bonds. The molecule has 1 N–H and O–H groups in total. The van der Waals surface area contributed by atoms with E-state index in [-0.39, 0.29) is 5.97 Å². The molecular formula is C13H20N2O3. The monoisotopic (exact) mass is 252 g/mol. The van der Waals surface area contributed by atoms with Crippen molar-refractivity contribution in [1.82, 2.24) is 9.55 Å². The van der Waals surface area contributed by atoms with Crippen molar-refractivity contribution in [3.8, 4) is 0 Å². The number of aliphatic hydroxyl groups is 1. The Kier molecular flexibility index (Phi) is 5.09. The Morgan fingerprint density at radius 3 is 2.94 bits per heavy atom. The molecule has 0 aliphatic rings. The van der Waals surface area contributed by atoms with E-state index in [4.69, 9.17) is 4.74 Å². The minimum atomic E-state index is -0.852. The van der Waals surface area contributed by atoms with Crippen molar-refractivity contribution in [3.05, 3.63) is 24.3 Å². The van der Waals surface area contributed by atoms with E-state index in [0.717, 1.165) is 5.69 Å². The summed E-state index contributed by atoms with van der Waals surface area (Å²) < 4.78 is 6.66. The molecule has 1 rings (SSSR count). The summed E-state index contributed by atoms with van der Waals surface area (Å²) in [4.78, 5) is 15.3. The van der Waals surface area contributed by atoms with E-state index in [2.05, 4.69) is 4.98 Å². The zero-order valence-corrected chi connectivity index (χ0v) is 11.1. The van der Waals surface area contributed by atoms with Crippen molar-refractivity contribution in [2.75, 3.05) is 6.61 Å². The van der Waals surface area contributed by atoms with Crippen LogP contribution in [0.15, 0.2) is 18.6 Å². The lowest BCUT2D eigenvalue weighted by Gasteiger charge is -2.09. The first-order valence-electron chi connectivity index (χ1n) is 5.99. The Morgan fingerprint density at radius 1 is 1.61 bits per heavy atom. The van der Waals surface area contributed by atoms with Crippen molar-refractivity contribution in [2.24, 2.45) is 0 Å². The average molecular weight is 252 g/mol. The number of imidazole rings is 1. The van der Waals surface area contributed by atoms with Crippen LogP contribution in [-0.2, 0) is 16.1 Å². The van der Waals surface area contributed by atoms with Crippen LogP contribution in [0.5, 0.6) is 0 Å². The van der Waals surface area contributed by atoms with Gasteiger partial charge in [-0.2, -0.15) is 0 Å². The average Bonchev–Trinajstić information content (AvgIpc) is 2.71. The molecule has 5 heteroatoms. The van der Waals surface area contributed by atoms with Gasteiger partial charge in [-0.3, -0.25) is 4.79 Å². The lowest BCUT2D eigenvalue weighted by Crippen LogP contribution is -2.13. The fourth-order valence-electron chi connectivity index (χ4n) is 1.33. The largest absolute Gasteiger partial charge is 0.466 e. The summed E-state index contributed by atoms with van der Waals surface area (Å²) in [5.41, 5.74) is -0.102. The fourth-order valence-corrected chi connectivity index (χ4v) is 1.33. The summed E-state index contributed by atoms with van der Waals surface area (Å²) in [7, 11) is 0. The molecule has 0 atom stereocenters. The molecular weight excluding hydrogens is 232 g/mol. The standard InChI is InChI=1S/C13H20N2O3/c1-4-18-12(16)6-8-15-9-11(14-10-15)5-7-13(2,3)17/h5,7,9-10,17H,4,6,8H2,1-3H3/b7-5+. The Bertz CT molecular complexity index is 416. The number of hydrogen-bond acceptors (Lipinski definition) is 4. The second kappa shape index (κ2) is 6.35. The SMILES string of the molecule is CCOC(=O)CCn1cnc(/C=C/C(C)(C)O)c1. The van der Waals surface area contributed by atoms with Crippen LogP contribution in [0.3, 0.4) is 0 Å². The normalized spacial score (nSPS) is 12.0. The molecule has 0 fully saturated rings. The Morgan fingerprint density at radius 2 is 2.33 bits per heavy atom. The van der Waals surface area contributed by atoms with Crippen LogP contribution in [0.2, 0.25) is 0 Å². The number of aryl methyl sites for hydroxylation is 1. The number of aromatic nitrogens is 2. The summed E-state index contributed by atoms with van der Waals surface area (Å²) >= 11 is 0. The van der Waals surface area contributed by atoms with E-state index in [9.17, 15) is 9.90 Å². The van der Waals surface area contributed by atoms with Crippen LogP contribution < -0.4 is 0 Å². The maximum Gasteiger partial charge on any atom is 0.307 e. The quantitative estimate of drug-likeness (QED) is 0.781. The van der Waals surface area contributed by atoms with Gasteiger partial charge < -0.3 is 14.4 Å². The molecule has 0 saturated heterocycles.